The number of anilines is 1. The fourth-order valence-electron chi connectivity index (χ4n) is 1.87. The summed E-state index contributed by atoms with van der Waals surface area (Å²) in [6, 6.07) is 12.4. The van der Waals surface area contributed by atoms with E-state index in [4.69, 9.17) is 0 Å². The van der Waals surface area contributed by atoms with E-state index in [2.05, 4.69) is 33.9 Å². The molecule has 0 unspecified atom stereocenters. The van der Waals surface area contributed by atoms with Crippen molar-refractivity contribution in [1.82, 2.24) is 0 Å². The van der Waals surface area contributed by atoms with Crippen LogP contribution in [0, 0.1) is 0 Å². The Morgan fingerprint density at radius 2 is 1.79 bits per heavy atom. The molecule has 19 heavy (non-hydrogen) atoms. The van der Waals surface area contributed by atoms with Gasteiger partial charge in [-0.2, -0.15) is 0 Å². The molecule has 0 aliphatic heterocycles. The first kappa shape index (κ1) is 13.1. The van der Waals surface area contributed by atoms with Gasteiger partial charge in [0.05, 0.1) is 7.11 Å². The maximum atomic E-state index is 11.1. The average molecular weight is 255 g/mol. The van der Waals surface area contributed by atoms with E-state index in [1.54, 1.807) is 6.08 Å². The Balaban J connectivity index is 2.34. The first-order valence-corrected chi connectivity index (χ1v) is 6.07. The van der Waals surface area contributed by atoms with Crippen LogP contribution in [0.1, 0.15) is 5.56 Å². The maximum absolute atomic E-state index is 11.1. The molecule has 0 aliphatic carbocycles. The van der Waals surface area contributed by atoms with Crippen molar-refractivity contribution in [3.05, 3.63) is 48.0 Å². The summed E-state index contributed by atoms with van der Waals surface area (Å²) in [5.74, 6) is -0.344. The zero-order valence-corrected chi connectivity index (χ0v) is 11.4. The van der Waals surface area contributed by atoms with Crippen LogP contribution in [-0.4, -0.2) is 27.2 Å². The van der Waals surface area contributed by atoms with Crippen molar-refractivity contribution < 1.29 is 9.53 Å². The molecule has 0 atom stereocenters. The number of fused-ring (bicyclic) bond motifs is 1. The Morgan fingerprint density at radius 1 is 1.11 bits per heavy atom. The minimum atomic E-state index is -0.344. The first-order valence-electron chi connectivity index (χ1n) is 6.07. The molecule has 0 saturated heterocycles. The molecule has 3 heteroatoms. The summed E-state index contributed by atoms with van der Waals surface area (Å²) in [5.41, 5.74) is 2.15. The summed E-state index contributed by atoms with van der Waals surface area (Å²) in [5, 5.41) is 2.33. The number of benzene rings is 2. The zero-order valence-electron chi connectivity index (χ0n) is 11.4. The Morgan fingerprint density at radius 3 is 2.47 bits per heavy atom. The number of nitrogens with zero attached hydrogens (tertiary/aromatic N) is 1. The van der Waals surface area contributed by atoms with E-state index >= 15 is 0 Å². The van der Waals surface area contributed by atoms with Gasteiger partial charge in [-0.15, -0.1) is 0 Å². The molecule has 2 rings (SSSR count). The molecule has 2 aromatic rings. The van der Waals surface area contributed by atoms with Gasteiger partial charge in [-0.3, -0.25) is 0 Å². The molecule has 0 saturated carbocycles. The van der Waals surface area contributed by atoms with Gasteiger partial charge >= 0.3 is 5.97 Å². The highest BCUT2D eigenvalue weighted by Gasteiger charge is 1.99. The molecule has 3 nitrogen and oxygen atoms in total. The quantitative estimate of drug-likeness (QED) is 0.623. The number of esters is 1. The van der Waals surface area contributed by atoms with Crippen molar-refractivity contribution in [3.63, 3.8) is 0 Å². The second-order valence-electron chi connectivity index (χ2n) is 4.54. The lowest BCUT2D eigenvalue weighted by Gasteiger charge is -2.13. The van der Waals surface area contributed by atoms with Crippen molar-refractivity contribution in [2.24, 2.45) is 0 Å². The van der Waals surface area contributed by atoms with Crippen molar-refractivity contribution in [1.29, 1.82) is 0 Å². The van der Waals surface area contributed by atoms with Gasteiger partial charge in [0.2, 0.25) is 0 Å². The lowest BCUT2D eigenvalue weighted by atomic mass is 10.1. The monoisotopic (exact) mass is 255 g/mol. The van der Waals surface area contributed by atoms with E-state index in [9.17, 15) is 4.79 Å². The fraction of sp³-hybridized carbons (Fsp3) is 0.188. The molecule has 0 aliphatic rings. The normalized spacial score (nSPS) is 10.9. The third-order valence-corrected chi connectivity index (χ3v) is 2.98. The second-order valence-corrected chi connectivity index (χ2v) is 4.54. The average Bonchev–Trinajstić information content (AvgIpc) is 2.43. The summed E-state index contributed by atoms with van der Waals surface area (Å²) in [6.07, 6.45) is 3.18. The van der Waals surface area contributed by atoms with Crippen LogP contribution in [0.2, 0.25) is 0 Å². The van der Waals surface area contributed by atoms with Crippen LogP contribution in [0.3, 0.4) is 0 Å². The molecule has 0 amide bonds. The van der Waals surface area contributed by atoms with Gasteiger partial charge in [-0.1, -0.05) is 18.2 Å². The van der Waals surface area contributed by atoms with E-state index in [0.717, 1.165) is 10.9 Å². The van der Waals surface area contributed by atoms with Gasteiger partial charge in [-0.05, 0) is 40.6 Å². The lowest BCUT2D eigenvalue weighted by Crippen LogP contribution is -2.07. The maximum Gasteiger partial charge on any atom is 0.330 e. The topological polar surface area (TPSA) is 29.5 Å². The third kappa shape index (κ3) is 3.13. The van der Waals surface area contributed by atoms with E-state index in [1.165, 1.54) is 24.3 Å². The third-order valence-electron chi connectivity index (χ3n) is 2.98. The number of methoxy groups -OCH3 is 1. The molecule has 0 N–H and O–H groups in total. The molecule has 0 spiro atoms. The van der Waals surface area contributed by atoms with Crippen LogP contribution < -0.4 is 4.90 Å². The van der Waals surface area contributed by atoms with Gasteiger partial charge in [0.25, 0.3) is 0 Å². The highest BCUT2D eigenvalue weighted by Crippen LogP contribution is 2.22. The van der Waals surface area contributed by atoms with Crippen molar-refractivity contribution >= 4 is 28.5 Å². The molecule has 0 aromatic heterocycles. The zero-order chi connectivity index (χ0) is 13.8. The van der Waals surface area contributed by atoms with Crippen LogP contribution in [0.25, 0.3) is 16.8 Å². The van der Waals surface area contributed by atoms with Crippen LogP contribution in [-0.2, 0) is 9.53 Å². The summed E-state index contributed by atoms with van der Waals surface area (Å²) >= 11 is 0. The summed E-state index contributed by atoms with van der Waals surface area (Å²) in [6.45, 7) is 0. The van der Waals surface area contributed by atoms with Gasteiger partial charge in [0, 0.05) is 25.9 Å². The lowest BCUT2D eigenvalue weighted by molar-refractivity contribution is -0.134. The van der Waals surface area contributed by atoms with E-state index in [-0.39, 0.29) is 5.97 Å². The SMILES string of the molecule is COC(=O)C=Cc1ccc2cc(N(C)C)ccc2c1. The number of carbonyl (C=O) groups is 1. The van der Waals surface area contributed by atoms with Crippen molar-refractivity contribution in [3.8, 4) is 0 Å². The first-order chi connectivity index (χ1) is 9.10. The highest BCUT2D eigenvalue weighted by molar-refractivity contribution is 5.90. The van der Waals surface area contributed by atoms with Crippen LogP contribution in [0.15, 0.2) is 42.5 Å². The molecule has 0 bridgehead atoms. The summed E-state index contributed by atoms with van der Waals surface area (Å²) < 4.78 is 4.57. The number of ether oxygens (including phenoxy) is 1. The van der Waals surface area contributed by atoms with E-state index in [1.807, 2.05) is 26.2 Å². The van der Waals surface area contributed by atoms with Gasteiger partial charge in [0.15, 0.2) is 0 Å². The largest absolute Gasteiger partial charge is 0.466 e. The van der Waals surface area contributed by atoms with Crippen LogP contribution >= 0.6 is 0 Å². The number of carbonyl (C=O) groups excluding carboxylic acids is 1. The minimum Gasteiger partial charge on any atom is -0.466 e. The number of hydrogen-bond donors (Lipinski definition) is 0. The minimum absolute atomic E-state index is 0.344. The van der Waals surface area contributed by atoms with Crippen molar-refractivity contribution in [2.45, 2.75) is 0 Å². The van der Waals surface area contributed by atoms with E-state index < -0.39 is 0 Å². The second kappa shape index (κ2) is 5.57. The van der Waals surface area contributed by atoms with Gasteiger partial charge in [-0.25, -0.2) is 4.79 Å². The Bertz CT molecular complexity index is 630. The van der Waals surface area contributed by atoms with Crippen molar-refractivity contribution in [2.75, 3.05) is 26.1 Å². The van der Waals surface area contributed by atoms with Gasteiger partial charge in [0.1, 0.15) is 0 Å². The predicted octanol–water partition coefficient (Wildman–Crippen LogP) is 3.09. The molecule has 98 valence electrons. The predicted molar refractivity (Wildman–Crippen MR) is 79.3 cm³/mol. The standard InChI is InChI=1S/C16H17NO2/c1-17(2)15-8-7-13-10-12(4-6-14(13)11-15)5-9-16(18)19-3/h4-11H,1-3H3. The molecular formula is C16H17NO2. The highest BCUT2D eigenvalue weighted by atomic mass is 16.5. The van der Waals surface area contributed by atoms with Crippen LogP contribution in [0.5, 0.6) is 0 Å². The molecule has 0 heterocycles. The summed E-state index contributed by atoms with van der Waals surface area (Å²) in [4.78, 5) is 13.1. The molecular weight excluding hydrogens is 238 g/mol. The number of hydrogen-bond acceptors (Lipinski definition) is 3. The Labute approximate surface area is 113 Å². The molecule has 0 fully saturated rings. The Kier molecular flexibility index (Phi) is 3.85. The fourth-order valence-corrected chi connectivity index (χ4v) is 1.87. The smallest absolute Gasteiger partial charge is 0.330 e. The summed E-state index contributed by atoms with van der Waals surface area (Å²) in [7, 11) is 5.42. The van der Waals surface area contributed by atoms with E-state index in [0.29, 0.717) is 0 Å². The van der Waals surface area contributed by atoms with Crippen LogP contribution in [0.4, 0.5) is 5.69 Å². The Hall–Kier alpha value is -2.29. The number of rotatable bonds is 3. The molecule has 2 aromatic carbocycles. The molecule has 0 radical (unpaired) electrons. The van der Waals surface area contributed by atoms with Gasteiger partial charge < -0.3 is 9.64 Å².